The van der Waals surface area contributed by atoms with Crippen molar-refractivity contribution in [3.8, 4) is 0 Å². The molecule has 0 unspecified atom stereocenters. The molecule has 3 nitrogen and oxygen atoms in total. The largest absolute Gasteiger partial charge is 0.395 e. The molecule has 3 N–H and O–H groups in total. The summed E-state index contributed by atoms with van der Waals surface area (Å²) in [5.41, 5.74) is 9.04. The van der Waals surface area contributed by atoms with E-state index in [9.17, 15) is 0 Å². The van der Waals surface area contributed by atoms with Crippen LogP contribution in [-0.2, 0) is 6.54 Å². The highest BCUT2D eigenvalue weighted by atomic mass is 16.3. The van der Waals surface area contributed by atoms with E-state index in [0.29, 0.717) is 13.1 Å². The minimum atomic E-state index is 0.175. The van der Waals surface area contributed by atoms with E-state index < -0.39 is 0 Å². The van der Waals surface area contributed by atoms with Gasteiger partial charge >= 0.3 is 0 Å². The normalized spacial score (nSPS) is 10.3. The number of hydrogen-bond acceptors (Lipinski definition) is 3. The van der Waals surface area contributed by atoms with Crippen LogP contribution < -0.4 is 10.6 Å². The van der Waals surface area contributed by atoms with Gasteiger partial charge in [-0.05, 0) is 24.1 Å². The average Bonchev–Trinajstić information content (AvgIpc) is 2.17. The Hall–Kier alpha value is -1.06. The number of likely N-dealkylation sites (N-methyl/N-ethyl adjacent to an activating group) is 1. The highest BCUT2D eigenvalue weighted by Crippen LogP contribution is 2.19. The van der Waals surface area contributed by atoms with Crippen LogP contribution in [-0.4, -0.2) is 25.3 Å². The molecular formula is C11H18N2O. The van der Waals surface area contributed by atoms with Gasteiger partial charge in [0, 0.05) is 25.8 Å². The Labute approximate surface area is 85.2 Å². The quantitative estimate of drug-likeness (QED) is 0.748. The summed E-state index contributed by atoms with van der Waals surface area (Å²) in [4.78, 5) is 2.04. The summed E-state index contributed by atoms with van der Waals surface area (Å²) < 4.78 is 0. The second-order valence-corrected chi connectivity index (χ2v) is 3.47. The van der Waals surface area contributed by atoms with Gasteiger partial charge < -0.3 is 15.7 Å². The van der Waals surface area contributed by atoms with Crippen LogP contribution in [0.4, 0.5) is 5.69 Å². The molecule has 0 radical (unpaired) electrons. The van der Waals surface area contributed by atoms with Gasteiger partial charge in [0.25, 0.3) is 0 Å². The molecule has 0 fully saturated rings. The number of aryl methyl sites for hydroxylation is 1. The molecule has 3 heteroatoms. The van der Waals surface area contributed by atoms with Crippen molar-refractivity contribution in [3.05, 3.63) is 29.3 Å². The standard InChI is InChI=1S/C11H18N2O/c1-9-7-10(8-12)3-4-11(9)13(2)5-6-14/h3-4,7,14H,5-6,8,12H2,1-2H3. The highest BCUT2D eigenvalue weighted by molar-refractivity contribution is 5.53. The van der Waals surface area contributed by atoms with Crippen molar-refractivity contribution in [1.29, 1.82) is 0 Å². The van der Waals surface area contributed by atoms with E-state index >= 15 is 0 Å². The molecule has 1 aromatic carbocycles. The van der Waals surface area contributed by atoms with Crippen LogP contribution in [0, 0.1) is 6.92 Å². The molecule has 14 heavy (non-hydrogen) atoms. The monoisotopic (exact) mass is 194 g/mol. The fourth-order valence-electron chi connectivity index (χ4n) is 1.54. The number of hydrogen-bond donors (Lipinski definition) is 2. The Morgan fingerprint density at radius 3 is 2.64 bits per heavy atom. The summed E-state index contributed by atoms with van der Waals surface area (Å²) in [5.74, 6) is 0. The number of aliphatic hydroxyl groups is 1. The minimum Gasteiger partial charge on any atom is -0.395 e. The van der Waals surface area contributed by atoms with Gasteiger partial charge in [0.2, 0.25) is 0 Å². The average molecular weight is 194 g/mol. The van der Waals surface area contributed by atoms with Crippen molar-refractivity contribution in [3.63, 3.8) is 0 Å². The zero-order chi connectivity index (χ0) is 10.6. The summed E-state index contributed by atoms with van der Waals surface area (Å²) in [6, 6.07) is 6.16. The zero-order valence-electron chi connectivity index (χ0n) is 8.83. The Morgan fingerprint density at radius 1 is 1.43 bits per heavy atom. The van der Waals surface area contributed by atoms with Crippen molar-refractivity contribution in [2.45, 2.75) is 13.5 Å². The maximum Gasteiger partial charge on any atom is 0.0606 e. The Bertz CT molecular complexity index is 299. The van der Waals surface area contributed by atoms with Gasteiger partial charge in [-0.25, -0.2) is 0 Å². The van der Waals surface area contributed by atoms with Gasteiger partial charge in [0.15, 0.2) is 0 Å². The summed E-state index contributed by atoms with van der Waals surface area (Å²) >= 11 is 0. The molecule has 0 aliphatic carbocycles. The van der Waals surface area contributed by atoms with Crippen LogP contribution in [0.15, 0.2) is 18.2 Å². The van der Waals surface area contributed by atoms with Crippen molar-refractivity contribution >= 4 is 5.69 Å². The van der Waals surface area contributed by atoms with E-state index in [0.717, 1.165) is 11.3 Å². The first-order valence-corrected chi connectivity index (χ1v) is 4.80. The molecular weight excluding hydrogens is 176 g/mol. The maximum atomic E-state index is 8.83. The molecule has 0 atom stereocenters. The first-order valence-electron chi connectivity index (χ1n) is 4.80. The molecule has 0 amide bonds. The van der Waals surface area contributed by atoms with E-state index in [-0.39, 0.29) is 6.61 Å². The lowest BCUT2D eigenvalue weighted by molar-refractivity contribution is 0.304. The number of nitrogens with two attached hydrogens (primary N) is 1. The Morgan fingerprint density at radius 2 is 2.14 bits per heavy atom. The van der Waals surface area contributed by atoms with Crippen molar-refractivity contribution < 1.29 is 5.11 Å². The summed E-state index contributed by atoms with van der Waals surface area (Å²) in [6.45, 7) is 3.46. The van der Waals surface area contributed by atoms with Crippen LogP contribution in [0.5, 0.6) is 0 Å². The van der Waals surface area contributed by atoms with Crippen LogP contribution in [0.1, 0.15) is 11.1 Å². The fourth-order valence-corrected chi connectivity index (χ4v) is 1.54. The van der Waals surface area contributed by atoms with Gasteiger partial charge in [0.05, 0.1) is 6.61 Å². The first-order chi connectivity index (χ1) is 6.69. The summed E-state index contributed by atoms with van der Waals surface area (Å²) in [5, 5.41) is 8.83. The number of rotatable bonds is 4. The van der Waals surface area contributed by atoms with Crippen LogP contribution in [0.25, 0.3) is 0 Å². The molecule has 1 aromatic rings. The second kappa shape index (κ2) is 4.98. The number of aliphatic hydroxyl groups excluding tert-OH is 1. The van der Waals surface area contributed by atoms with E-state index in [1.54, 1.807) is 0 Å². The summed E-state index contributed by atoms with van der Waals surface area (Å²) in [6.07, 6.45) is 0. The SMILES string of the molecule is Cc1cc(CN)ccc1N(C)CCO. The van der Waals surface area contributed by atoms with Gasteiger partial charge in [-0.2, -0.15) is 0 Å². The molecule has 0 saturated carbocycles. The second-order valence-electron chi connectivity index (χ2n) is 3.47. The number of nitrogens with zero attached hydrogens (tertiary/aromatic N) is 1. The van der Waals surface area contributed by atoms with Crippen LogP contribution in [0.2, 0.25) is 0 Å². The van der Waals surface area contributed by atoms with E-state index in [4.69, 9.17) is 10.8 Å². The topological polar surface area (TPSA) is 49.5 Å². The van der Waals surface area contributed by atoms with Crippen LogP contribution >= 0.6 is 0 Å². The van der Waals surface area contributed by atoms with Gasteiger partial charge in [-0.3, -0.25) is 0 Å². The highest BCUT2D eigenvalue weighted by Gasteiger charge is 2.03. The zero-order valence-corrected chi connectivity index (χ0v) is 8.83. The van der Waals surface area contributed by atoms with Crippen molar-refractivity contribution in [1.82, 2.24) is 0 Å². The van der Waals surface area contributed by atoms with Crippen LogP contribution in [0.3, 0.4) is 0 Å². The molecule has 0 spiro atoms. The van der Waals surface area contributed by atoms with E-state index in [2.05, 4.69) is 13.0 Å². The minimum absolute atomic E-state index is 0.175. The summed E-state index contributed by atoms with van der Waals surface area (Å²) in [7, 11) is 1.97. The van der Waals surface area contributed by atoms with Gasteiger partial charge in [-0.15, -0.1) is 0 Å². The molecule has 0 saturated heterocycles. The molecule has 0 aromatic heterocycles. The van der Waals surface area contributed by atoms with Gasteiger partial charge in [0.1, 0.15) is 0 Å². The molecule has 0 aliphatic rings. The lowest BCUT2D eigenvalue weighted by Gasteiger charge is -2.20. The molecule has 1 rings (SSSR count). The van der Waals surface area contributed by atoms with Crippen molar-refractivity contribution in [2.24, 2.45) is 5.73 Å². The molecule has 0 heterocycles. The fraction of sp³-hybridized carbons (Fsp3) is 0.455. The molecule has 0 aliphatic heterocycles. The predicted octanol–water partition coefficient (Wildman–Crippen LogP) is 0.882. The Kier molecular flexibility index (Phi) is 3.92. The third-order valence-electron chi connectivity index (χ3n) is 2.34. The molecule has 78 valence electrons. The van der Waals surface area contributed by atoms with E-state index in [1.165, 1.54) is 5.56 Å². The van der Waals surface area contributed by atoms with E-state index in [1.807, 2.05) is 24.1 Å². The third-order valence-corrected chi connectivity index (χ3v) is 2.34. The smallest absolute Gasteiger partial charge is 0.0606 e. The van der Waals surface area contributed by atoms with Crippen molar-refractivity contribution in [2.75, 3.05) is 25.1 Å². The molecule has 0 bridgehead atoms. The lowest BCUT2D eigenvalue weighted by atomic mass is 10.1. The predicted molar refractivity (Wildman–Crippen MR) is 59.4 cm³/mol. The van der Waals surface area contributed by atoms with Gasteiger partial charge in [-0.1, -0.05) is 12.1 Å². The first kappa shape index (κ1) is 11.0. The third kappa shape index (κ3) is 2.47. The maximum absolute atomic E-state index is 8.83. The number of benzene rings is 1. The number of anilines is 1. The lowest BCUT2D eigenvalue weighted by Crippen LogP contribution is -2.22. The Balaban J connectivity index is 2.88.